The lowest BCUT2D eigenvalue weighted by Crippen LogP contribution is -2.53. The molecule has 0 spiro atoms. The molecule has 0 saturated carbocycles. The Balaban J connectivity index is 1.26. The number of fused-ring (bicyclic) bond motifs is 1. The van der Waals surface area contributed by atoms with Crippen LogP contribution < -0.4 is 15.5 Å². The lowest BCUT2D eigenvalue weighted by atomic mass is 10.2. The van der Waals surface area contributed by atoms with Crippen LogP contribution in [0.2, 0.25) is 0 Å². The van der Waals surface area contributed by atoms with Gasteiger partial charge in [0.15, 0.2) is 11.6 Å². The molecule has 0 atom stereocenters. The highest BCUT2D eigenvalue weighted by Gasteiger charge is 2.19. The van der Waals surface area contributed by atoms with E-state index < -0.39 is 0 Å². The van der Waals surface area contributed by atoms with Crippen LogP contribution in [0.4, 0.5) is 11.5 Å². The third-order valence-electron chi connectivity index (χ3n) is 5.14. The van der Waals surface area contributed by atoms with E-state index in [1.165, 1.54) is 5.69 Å². The van der Waals surface area contributed by atoms with E-state index in [0.717, 1.165) is 62.1 Å². The minimum Gasteiger partial charge on any atom is -0.368 e. The second-order valence-corrected chi connectivity index (χ2v) is 6.94. The third-order valence-corrected chi connectivity index (χ3v) is 5.14. The van der Waals surface area contributed by atoms with Gasteiger partial charge in [-0.2, -0.15) is 5.10 Å². The molecule has 0 bridgehead atoms. The van der Waals surface area contributed by atoms with Gasteiger partial charge in [-0.25, -0.2) is 9.97 Å². The average molecular weight is 393 g/mol. The van der Waals surface area contributed by atoms with Crippen LogP contribution in [0.5, 0.6) is 0 Å². The summed E-state index contributed by atoms with van der Waals surface area (Å²) in [6.45, 7) is 5.35. The quantitative estimate of drug-likeness (QED) is 0.382. The van der Waals surface area contributed by atoms with Gasteiger partial charge < -0.3 is 20.4 Å². The number of aliphatic imine (C=N–C) groups is 1. The number of anilines is 2. The Morgan fingerprint density at radius 3 is 2.62 bits per heavy atom. The van der Waals surface area contributed by atoms with E-state index in [2.05, 4.69) is 70.8 Å². The zero-order chi connectivity index (χ0) is 20.1. The highest BCUT2D eigenvalue weighted by atomic mass is 15.3. The van der Waals surface area contributed by atoms with E-state index in [4.69, 9.17) is 0 Å². The summed E-state index contributed by atoms with van der Waals surface area (Å²) in [6.07, 6.45) is 3.35. The normalized spacial score (nSPS) is 15.0. The molecule has 3 aromatic rings. The van der Waals surface area contributed by atoms with E-state index in [9.17, 15) is 0 Å². The first-order valence-electron chi connectivity index (χ1n) is 9.88. The molecule has 4 rings (SSSR count). The number of aromatic nitrogens is 4. The Bertz CT molecular complexity index is 959. The zero-order valence-electron chi connectivity index (χ0n) is 16.9. The van der Waals surface area contributed by atoms with Crippen LogP contribution in [-0.2, 0) is 7.05 Å². The summed E-state index contributed by atoms with van der Waals surface area (Å²) in [5.41, 5.74) is 2.11. The maximum absolute atomic E-state index is 4.45. The van der Waals surface area contributed by atoms with Gasteiger partial charge in [-0.05, 0) is 12.1 Å². The number of nitrogens with zero attached hydrogens (tertiary/aromatic N) is 7. The van der Waals surface area contributed by atoms with Crippen molar-refractivity contribution in [2.24, 2.45) is 12.0 Å². The number of para-hydroxylation sites is 1. The first kappa shape index (κ1) is 19.0. The summed E-state index contributed by atoms with van der Waals surface area (Å²) in [6, 6.07) is 10.6. The van der Waals surface area contributed by atoms with Gasteiger partial charge in [0.1, 0.15) is 12.1 Å². The topological polar surface area (TPSA) is 86.5 Å². The molecule has 0 amide bonds. The van der Waals surface area contributed by atoms with Crippen LogP contribution >= 0.6 is 0 Å². The van der Waals surface area contributed by atoms with Crippen molar-refractivity contribution < 1.29 is 0 Å². The fraction of sp³-hybridized carbons (Fsp3) is 0.400. The molecular formula is C20H27N9. The van der Waals surface area contributed by atoms with Gasteiger partial charge >= 0.3 is 0 Å². The molecule has 1 fully saturated rings. The molecule has 152 valence electrons. The second-order valence-electron chi connectivity index (χ2n) is 6.94. The van der Waals surface area contributed by atoms with Gasteiger partial charge in [-0.15, -0.1) is 0 Å². The largest absolute Gasteiger partial charge is 0.368 e. The second kappa shape index (κ2) is 8.76. The molecule has 2 N–H and O–H groups in total. The number of hydrogen-bond acceptors (Lipinski definition) is 6. The van der Waals surface area contributed by atoms with Crippen LogP contribution in [0.25, 0.3) is 11.0 Å². The molecule has 1 saturated heterocycles. The van der Waals surface area contributed by atoms with Gasteiger partial charge in [0.05, 0.1) is 11.6 Å². The zero-order valence-corrected chi connectivity index (χ0v) is 16.9. The predicted octanol–water partition coefficient (Wildman–Crippen LogP) is 1.17. The molecule has 0 radical (unpaired) electrons. The van der Waals surface area contributed by atoms with Crippen molar-refractivity contribution in [2.45, 2.75) is 0 Å². The molecule has 1 aliphatic heterocycles. The molecule has 2 aromatic heterocycles. The van der Waals surface area contributed by atoms with E-state index in [1.54, 1.807) is 17.2 Å². The maximum atomic E-state index is 4.45. The van der Waals surface area contributed by atoms with Crippen LogP contribution in [0.3, 0.4) is 0 Å². The number of aryl methyl sites for hydroxylation is 1. The fourth-order valence-electron chi connectivity index (χ4n) is 3.61. The third kappa shape index (κ3) is 4.23. The SMILES string of the molecule is CN=C(NCCNc1ncnc2c1cnn2C)N1CCN(c2ccccc2)CC1. The number of nitrogens with one attached hydrogen (secondary N) is 2. The average Bonchev–Trinajstić information content (AvgIpc) is 3.16. The van der Waals surface area contributed by atoms with Crippen molar-refractivity contribution >= 4 is 28.5 Å². The van der Waals surface area contributed by atoms with Crippen molar-refractivity contribution in [3.63, 3.8) is 0 Å². The summed E-state index contributed by atoms with van der Waals surface area (Å²) in [5, 5.41) is 12.0. The summed E-state index contributed by atoms with van der Waals surface area (Å²) in [7, 11) is 3.71. The number of benzene rings is 1. The van der Waals surface area contributed by atoms with Gasteiger partial charge in [0.2, 0.25) is 0 Å². The summed E-state index contributed by atoms with van der Waals surface area (Å²) in [5.74, 6) is 1.74. The molecule has 29 heavy (non-hydrogen) atoms. The highest BCUT2D eigenvalue weighted by Crippen LogP contribution is 2.17. The van der Waals surface area contributed by atoms with Gasteiger partial charge in [-0.3, -0.25) is 9.67 Å². The molecule has 0 aliphatic carbocycles. The number of piperazine rings is 1. The maximum Gasteiger partial charge on any atom is 0.193 e. The molecule has 9 heteroatoms. The first-order valence-corrected chi connectivity index (χ1v) is 9.88. The minimum atomic E-state index is 0.726. The Hall–Kier alpha value is -3.36. The Morgan fingerprint density at radius 1 is 1.07 bits per heavy atom. The van der Waals surface area contributed by atoms with Crippen LogP contribution in [0.15, 0.2) is 47.8 Å². The standard InChI is InChI=1S/C20H27N9/c1-21-20(29-12-10-28(11-13-29)16-6-4-3-5-7-16)23-9-8-22-18-17-14-26-27(2)19(17)25-15-24-18/h3-7,14-15H,8-13H2,1-2H3,(H,21,23)(H,22,24,25). The lowest BCUT2D eigenvalue weighted by molar-refractivity contribution is 0.373. The van der Waals surface area contributed by atoms with Crippen molar-refractivity contribution in [1.82, 2.24) is 30.0 Å². The Morgan fingerprint density at radius 2 is 1.86 bits per heavy atom. The fourth-order valence-corrected chi connectivity index (χ4v) is 3.61. The molecule has 1 aliphatic rings. The molecule has 1 aromatic carbocycles. The number of hydrogen-bond donors (Lipinski definition) is 2. The van der Waals surface area contributed by atoms with Gasteiger partial charge in [0, 0.05) is 59.1 Å². The summed E-state index contributed by atoms with van der Waals surface area (Å²) in [4.78, 5) is 17.8. The first-order chi connectivity index (χ1) is 14.3. The lowest BCUT2D eigenvalue weighted by Gasteiger charge is -2.37. The van der Waals surface area contributed by atoms with E-state index >= 15 is 0 Å². The molecule has 9 nitrogen and oxygen atoms in total. The smallest absolute Gasteiger partial charge is 0.193 e. The van der Waals surface area contributed by atoms with Crippen molar-refractivity contribution in [3.05, 3.63) is 42.9 Å². The van der Waals surface area contributed by atoms with E-state index in [-0.39, 0.29) is 0 Å². The van der Waals surface area contributed by atoms with Crippen LogP contribution in [0, 0.1) is 0 Å². The monoisotopic (exact) mass is 393 g/mol. The minimum absolute atomic E-state index is 0.726. The molecular weight excluding hydrogens is 366 g/mol. The van der Waals surface area contributed by atoms with Crippen LogP contribution in [0.1, 0.15) is 0 Å². The number of rotatable bonds is 5. The Labute approximate surface area is 170 Å². The van der Waals surface area contributed by atoms with Crippen molar-refractivity contribution in [2.75, 3.05) is 56.5 Å². The molecule has 3 heterocycles. The predicted molar refractivity (Wildman–Crippen MR) is 116 cm³/mol. The van der Waals surface area contributed by atoms with Crippen molar-refractivity contribution in [3.8, 4) is 0 Å². The van der Waals surface area contributed by atoms with Crippen molar-refractivity contribution in [1.29, 1.82) is 0 Å². The Kier molecular flexibility index (Phi) is 5.73. The number of guanidine groups is 1. The highest BCUT2D eigenvalue weighted by molar-refractivity contribution is 5.86. The van der Waals surface area contributed by atoms with Crippen LogP contribution in [-0.4, -0.2) is 76.9 Å². The van der Waals surface area contributed by atoms with E-state index in [1.807, 2.05) is 14.1 Å². The summed E-state index contributed by atoms with van der Waals surface area (Å²) >= 11 is 0. The van der Waals surface area contributed by atoms with Gasteiger partial charge in [-0.1, -0.05) is 18.2 Å². The molecule has 0 unspecified atom stereocenters. The van der Waals surface area contributed by atoms with E-state index in [0.29, 0.717) is 0 Å². The summed E-state index contributed by atoms with van der Waals surface area (Å²) < 4.78 is 1.75. The van der Waals surface area contributed by atoms with Gasteiger partial charge in [0.25, 0.3) is 0 Å².